The molecule has 1 amide bonds. The van der Waals surface area contributed by atoms with Gasteiger partial charge in [-0.25, -0.2) is 14.6 Å². The summed E-state index contributed by atoms with van der Waals surface area (Å²) in [5.74, 6) is 1.30. The van der Waals surface area contributed by atoms with Crippen LogP contribution >= 0.6 is 0 Å². The van der Waals surface area contributed by atoms with E-state index < -0.39 is 0 Å². The number of hydrogen-bond donors (Lipinski definition) is 2. The molecule has 2 aromatic carbocycles. The van der Waals surface area contributed by atoms with Gasteiger partial charge in [0, 0.05) is 35.9 Å². The molecule has 2 aliphatic rings. The third-order valence-electron chi connectivity index (χ3n) is 8.30. The van der Waals surface area contributed by atoms with Crippen LogP contribution in [0.25, 0.3) is 22.3 Å². The molecular formula is C31H35N7O. The van der Waals surface area contributed by atoms with Gasteiger partial charge in [0.25, 0.3) is 5.91 Å². The molecule has 3 heterocycles. The normalized spacial score (nSPS) is 20.7. The summed E-state index contributed by atoms with van der Waals surface area (Å²) in [5, 5.41) is 8.87. The highest BCUT2D eigenvalue weighted by Gasteiger charge is 2.46. The van der Waals surface area contributed by atoms with Crippen molar-refractivity contribution in [1.29, 1.82) is 0 Å². The Bertz CT molecular complexity index is 1570. The largest absolute Gasteiger partial charge is 0.383 e. The minimum atomic E-state index is -0.172. The lowest BCUT2D eigenvalue weighted by Gasteiger charge is -2.32. The first-order valence-electron chi connectivity index (χ1n) is 13.7. The smallest absolute Gasteiger partial charge is 0.255 e. The van der Waals surface area contributed by atoms with Crippen molar-refractivity contribution in [2.45, 2.75) is 51.6 Å². The Morgan fingerprint density at radius 2 is 2.00 bits per heavy atom. The minimum Gasteiger partial charge on any atom is -0.383 e. The van der Waals surface area contributed by atoms with Crippen LogP contribution in [-0.2, 0) is 0 Å². The molecule has 0 radical (unpaired) electrons. The van der Waals surface area contributed by atoms with Crippen molar-refractivity contribution in [3.63, 3.8) is 0 Å². The van der Waals surface area contributed by atoms with Gasteiger partial charge in [-0.15, -0.1) is 6.58 Å². The van der Waals surface area contributed by atoms with Crippen LogP contribution < -0.4 is 11.1 Å². The summed E-state index contributed by atoms with van der Waals surface area (Å²) in [6.45, 7) is 12.3. The van der Waals surface area contributed by atoms with Crippen molar-refractivity contribution in [2.75, 3.05) is 24.1 Å². The molecule has 1 aliphatic carbocycles. The van der Waals surface area contributed by atoms with Gasteiger partial charge < -0.3 is 11.1 Å². The van der Waals surface area contributed by atoms with Gasteiger partial charge in [0.15, 0.2) is 5.65 Å². The van der Waals surface area contributed by atoms with Gasteiger partial charge >= 0.3 is 0 Å². The number of benzene rings is 2. The Balaban J connectivity index is 1.34. The predicted molar refractivity (Wildman–Crippen MR) is 156 cm³/mol. The number of anilines is 2. The van der Waals surface area contributed by atoms with Crippen LogP contribution in [0.15, 0.2) is 61.4 Å². The molecule has 1 aliphatic heterocycles. The van der Waals surface area contributed by atoms with E-state index in [0.29, 0.717) is 35.0 Å². The van der Waals surface area contributed by atoms with Crippen molar-refractivity contribution >= 4 is 28.4 Å². The molecule has 6 rings (SSSR count). The van der Waals surface area contributed by atoms with Crippen molar-refractivity contribution in [1.82, 2.24) is 24.6 Å². The Labute approximate surface area is 228 Å². The molecule has 4 aromatic rings. The molecule has 1 saturated heterocycles. The average Bonchev–Trinajstić information content (AvgIpc) is 3.62. The molecule has 1 saturated carbocycles. The highest BCUT2D eigenvalue weighted by Crippen LogP contribution is 2.46. The van der Waals surface area contributed by atoms with Crippen molar-refractivity contribution in [3.05, 3.63) is 78.1 Å². The minimum absolute atomic E-state index is 0.172. The maximum Gasteiger partial charge on any atom is 0.255 e. The summed E-state index contributed by atoms with van der Waals surface area (Å²) in [5.41, 5.74) is 12.4. The van der Waals surface area contributed by atoms with Gasteiger partial charge in [-0.05, 0) is 67.0 Å². The second kappa shape index (κ2) is 9.93. The summed E-state index contributed by atoms with van der Waals surface area (Å²) in [7, 11) is 0. The van der Waals surface area contributed by atoms with Gasteiger partial charge in [0.2, 0.25) is 0 Å². The van der Waals surface area contributed by atoms with Crippen LogP contribution in [0.3, 0.4) is 0 Å². The number of carbonyl (C=O) groups excluding carboxylic acids is 1. The third kappa shape index (κ3) is 4.48. The fraction of sp³-hybridized carbons (Fsp3) is 0.355. The number of nitrogen functional groups attached to an aromatic ring is 1. The molecule has 3 unspecified atom stereocenters. The number of carbonyl (C=O) groups is 1. The maximum atomic E-state index is 13.3. The van der Waals surface area contributed by atoms with Gasteiger partial charge in [0.1, 0.15) is 17.8 Å². The lowest BCUT2D eigenvalue weighted by atomic mass is 9.97. The van der Waals surface area contributed by atoms with Crippen LogP contribution in [0.2, 0.25) is 0 Å². The first kappa shape index (κ1) is 25.2. The second-order valence-electron chi connectivity index (χ2n) is 11.2. The van der Waals surface area contributed by atoms with Crippen LogP contribution in [0, 0.1) is 12.8 Å². The molecule has 200 valence electrons. The molecule has 8 heteroatoms. The Kier molecular flexibility index (Phi) is 6.43. The third-order valence-corrected chi connectivity index (χ3v) is 8.30. The molecule has 3 atom stereocenters. The zero-order valence-electron chi connectivity index (χ0n) is 22.8. The quantitative estimate of drug-likeness (QED) is 0.308. The monoisotopic (exact) mass is 521 g/mol. The summed E-state index contributed by atoms with van der Waals surface area (Å²) in [6.07, 6.45) is 5.70. The Morgan fingerprint density at radius 1 is 1.18 bits per heavy atom. The Hall–Kier alpha value is -4.04. The van der Waals surface area contributed by atoms with Gasteiger partial charge in [-0.1, -0.05) is 38.1 Å². The number of nitrogens with two attached hydrogens (primary N) is 1. The lowest BCUT2D eigenvalue weighted by Crippen LogP contribution is -2.39. The van der Waals surface area contributed by atoms with Crippen molar-refractivity contribution in [3.8, 4) is 11.3 Å². The number of nitrogens with zero attached hydrogens (tertiary/aromatic N) is 5. The van der Waals surface area contributed by atoms with E-state index in [0.717, 1.165) is 53.8 Å². The number of aromatic nitrogens is 4. The van der Waals surface area contributed by atoms with Gasteiger partial charge in [-0.3, -0.25) is 9.69 Å². The van der Waals surface area contributed by atoms with Crippen LogP contribution in [0.5, 0.6) is 0 Å². The van der Waals surface area contributed by atoms with E-state index in [1.807, 2.05) is 42.5 Å². The van der Waals surface area contributed by atoms with E-state index in [9.17, 15) is 4.79 Å². The standard InChI is InChI=1S/C31H35N7O/c1-5-11-37-16-20-13-25(37)26(14-20)38-30-27(29(32)33-17-34-30)28(36-38)21-7-6-8-22(15-21)31(39)35-23-9-10-24(18(2)3)19(4)12-23/h5-10,12,15,17-18,20,25-26H,1,11,13-14,16H2,2-4H3,(H,35,39)(H2,32,33,34). The summed E-state index contributed by atoms with van der Waals surface area (Å²) >= 11 is 0. The molecule has 8 nitrogen and oxygen atoms in total. The number of nitrogens with one attached hydrogen (secondary N) is 1. The first-order valence-corrected chi connectivity index (χ1v) is 13.7. The predicted octanol–water partition coefficient (Wildman–Crippen LogP) is 5.58. The molecule has 2 aromatic heterocycles. The second-order valence-corrected chi connectivity index (χ2v) is 11.2. The van der Waals surface area contributed by atoms with Gasteiger partial charge in [-0.2, -0.15) is 5.10 Å². The lowest BCUT2D eigenvalue weighted by molar-refractivity contribution is 0.102. The van der Waals surface area contributed by atoms with Crippen molar-refractivity contribution in [2.24, 2.45) is 5.92 Å². The number of piperidine rings is 1. The zero-order chi connectivity index (χ0) is 27.3. The number of aryl methyl sites for hydroxylation is 1. The van der Waals surface area contributed by atoms with Gasteiger partial charge in [0.05, 0.1) is 11.4 Å². The van der Waals surface area contributed by atoms with E-state index in [-0.39, 0.29) is 11.9 Å². The topological polar surface area (TPSA) is 102 Å². The maximum absolute atomic E-state index is 13.3. The van der Waals surface area contributed by atoms with Crippen molar-refractivity contribution < 1.29 is 4.79 Å². The number of fused-ring (bicyclic) bond motifs is 3. The summed E-state index contributed by atoms with van der Waals surface area (Å²) < 4.78 is 2.05. The fourth-order valence-electron chi connectivity index (χ4n) is 6.58. The highest BCUT2D eigenvalue weighted by atomic mass is 16.1. The van der Waals surface area contributed by atoms with Crippen LogP contribution in [0.1, 0.15) is 60.1 Å². The highest BCUT2D eigenvalue weighted by molar-refractivity contribution is 6.06. The number of likely N-dealkylation sites (tertiary alicyclic amines) is 1. The number of hydrogen-bond acceptors (Lipinski definition) is 6. The molecule has 2 fully saturated rings. The van der Waals surface area contributed by atoms with E-state index in [4.69, 9.17) is 10.8 Å². The van der Waals surface area contributed by atoms with E-state index in [1.54, 1.807) is 0 Å². The van der Waals surface area contributed by atoms with Crippen LogP contribution in [-0.4, -0.2) is 49.7 Å². The number of rotatable bonds is 7. The zero-order valence-corrected chi connectivity index (χ0v) is 22.8. The molecule has 0 spiro atoms. The van der Waals surface area contributed by atoms with E-state index in [1.165, 1.54) is 11.9 Å². The first-order chi connectivity index (χ1) is 18.8. The molecular weight excluding hydrogens is 486 g/mol. The number of amides is 1. The SMILES string of the molecule is C=CCN1CC2CC1C(n1nc(-c3cccc(C(=O)Nc4ccc(C(C)C)c(C)c4)c3)c3c(N)ncnc31)C2. The van der Waals surface area contributed by atoms with Crippen LogP contribution in [0.4, 0.5) is 11.5 Å². The molecule has 39 heavy (non-hydrogen) atoms. The molecule has 2 bridgehead atoms. The van der Waals surface area contributed by atoms with E-state index in [2.05, 4.69) is 58.3 Å². The average molecular weight is 522 g/mol. The summed E-state index contributed by atoms with van der Waals surface area (Å²) in [4.78, 5) is 24.6. The summed E-state index contributed by atoms with van der Waals surface area (Å²) in [6, 6.07) is 14.2. The Morgan fingerprint density at radius 3 is 2.74 bits per heavy atom. The fourth-order valence-corrected chi connectivity index (χ4v) is 6.58. The molecule has 3 N–H and O–H groups in total. The van der Waals surface area contributed by atoms with E-state index >= 15 is 0 Å².